The van der Waals surface area contributed by atoms with Gasteiger partial charge in [0.2, 0.25) is 0 Å². The van der Waals surface area contributed by atoms with E-state index >= 15 is 0 Å². The molecule has 2 aromatic rings. The van der Waals surface area contributed by atoms with Crippen molar-refractivity contribution in [2.24, 2.45) is 0 Å². The average molecular weight is 347 g/mol. The van der Waals surface area contributed by atoms with Crippen molar-refractivity contribution >= 4 is 15.7 Å². The number of rotatable bonds is 6. The Balaban J connectivity index is 1.86. The Morgan fingerprint density at radius 2 is 1.92 bits per heavy atom. The van der Waals surface area contributed by atoms with E-state index in [2.05, 4.69) is 0 Å². The second-order valence-electron chi connectivity index (χ2n) is 6.06. The lowest BCUT2D eigenvalue weighted by atomic mass is 10.1. The van der Waals surface area contributed by atoms with Gasteiger partial charge in [-0.25, -0.2) is 8.42 Å². The second kappa shape index (κ2) is 6.43. The molecule has 0 unspecified atom stereocenters. The van der Waals surface area contributed by atoms with Gasteiger partial charge in [0, 0.05) is 11.6 Å². The molecular formula is C18H21NO4S. The SMILES string of the molecule is CCS(=O)(=O)c1ccc(C(=O)N(C2CC2)[C@H](C)c2ccco2)cc1. The highest BCUT2D eigenvalue weighted by Crippen LogP contribution is 2.35. The Labute approximate surface area is 142 Å². The van der Waals surface area contributed by atoms with Crippen LogP contribution in [0.15, 0.2) is 52.0 Å². The highest BCUT2D eigenvalue weighted by Gasteiger charge is 2.37. The summed E-state index contributed by atoms with van der Waals surface area (Å²) in [4.78, 5) is 15.0. The summed E-state index contributed by atoms with van der Waals surface area (Å²) < 4.78 is 29.2. The first-order chi connectivity index (χ1) is 11.4. The van der Waals surface area contributed by atoms with E-state index in [4.69, 9.17) is 4.42 Å². The van der Waals surface area contributed by atoms with E-state index in [1.165, 1.54) is 12.1 Å². The molecule has 0 spiro atoms. The molecule has 1 aliphatic carbocycles. The number of carbonyl (C=O) groups excluding carboxylic acids is 1. The maximum atomic E-state index is 12.9. The Morgan fingerprint density at radius 3 is 2.42 bits per heavy atom. The molecule has 24 heavy (non-hydrogen) atoms. The third kappa shape index (κ3) is 3.24. The molecule has 3 rings (SSSR count). The van der Waals surface area contributed by atoms with Gasteiger partial charge in [-0.1, -0.05) is 6.92 Å². The molecule has 128 valence electrons. The molecule has 1 heterocycles. The third-order valence-electron chi connectivity index (χ3n) is 4.39. The van der Waals surface area contributed by atoms with Crippen LogP contribution in [0.1, 0.15) is 48.8 Å². The third-order valence-corrected chi connectivity index (χ3v) is 6.14. The van der Waals surface area contributed by atoms with Crippen LogP contribution in [-0.2, 0) is 9.84 Å². The first kappa shape index (κ1) is 16.8. The molecule has 1 amide bonds. The fourth-order valence-electron chi connectivity index (χ4n) is 2.80. The lowest BCUT2D eigenvalue weighted by Gasteiger charge is -2.28. The number of hydrogen-bond donors (Lipinski definition) is 0. The fraction of sp³-hybridized carbons (Fsp3) is 0.389. The van der Waals surface area contributed by atoms with Gasteiger partial charge in [0.1, 0.15) is 5.76 Å². The molecule has 1 atom stereocenters. The molecular weight excluding hydrogens is 326 g/mol. The van der Waals surface area contributed by atoms with Crippen LogP contribution < -0.4 is 0 Å². The number of amides is 1. The quantitative estimate of drug-likeness (QED) is 0.803. The first-order valence-corrected chi connectivity index (χ1v) is 9.78. The van der Waals surface area contributed by atoms with E-state index in [-0.39, 0.29) is 28.6 Å². The summed E-state index contributed by atoms with van der Waals surface area (Å²) in [5.74, 6) is 0.701. The highest BCUT2D eigenvalue weighted by molar-refractivity contribution is 7.91. The van der Waals surface area contributed by atoms with E-state index in [0.717, 1.165) is 18.6 Å². The predicted molar refractivity (Wildman–Crippen MR) is 90.5 cm³/mol. The van der Waals surface area contributed by atoms with Crippen LogP contribution in [0, 0.1) is 0 Å². The summed E-state index contributed by atoms with van der Waals surface area (Å²) >= 11 is 0. The lowest BCUT2D eigenvalue weighted by molar-refractivity contribution is 0.0652. The van der Waals surface area contributed by atoms with E-state index in [1.807, 2.05) is 24.0 Å². The predicted octanol–water partition coefficient (Wildman–Crippen LogP) is 3.44. The Morgan fingerprint density at radius 1 is 1.25 bits per heavy atom. The zero-order chi connectivity index (χ0) is 17.3. The maximum Gasteiger partial charge on any atom is 0.254 e. The zero-order valence-electron chi connectivity index (χ0n) is 13.8. The van der Waals surface area contributed by atoms with Crippen LogP contribution in [0.3, 0.4) is 0 Å². The molecule has 1 saturated carbocycles. The van der Waals surface area contributed by atoms with Crippen LogP contribution in [0.2, 0.25) is 0 Å². The maximum absolute atomic E-state index is 12.9. The summed E-state index contributed by atoms with van der Waals surface area (Å²) in [6.45, 7) is 3.55. The smallest absolute Gasteiger partial charge is 0.254 e. The van der Waals surface area contributed by atoms with Crippen molar-refractivity contribution in [1.29, 1.82) is 0 Å². The van der Waals surface area contributed by atoms with Crippen molar-refractivity contribution in [2.45, 2.75) is 43.7 Å². The molecule has 1 fully saturated rings. The van der Waals surface area contributed by atoms with Crippen molar-refractivity contribution < 1.29 is 17.6 Å². The minimum absolute atomic E-state index is 0.0457. The molecule has 1 aliphatic rings. The van der Waals surface area contributed by atoms with Gasteiger partial charge in [-0.3, -0.25) is 4.79 Å². The van der Waals surface area contributed by atoms with Gasteiger partial charge < -0.3 is 9.32 Å². The van der Waals surface area contributed by atoms with Crippen molar-refractivity contribution in [1.82, 2.24) is 4.90 Å². The summed E-state index contributed by atoms with van der Waals surface area (Å²) in [6.07, 6.45) is 3.57. The summed E-state index contributed by atoms with van der Waals surface area (Å²) in [6, 6.07) is 9.94. The molecule has 0 N–H and O–H groups in total. The number of furan rings is 1. The fourth-order valence-corrected chi connectivity index (χ4v) is 3.68. The van der Waals surface area contributed by atoms with E-state index in [9.17, 15) is 13.2 Å². The molecule has 6 heteroatoms. The van der Waals surface area contributed by atoms with Gasteiger partial charge in [0.25, 0.3) is 5.91 Å². The van der Waals surface area contributed by atoms with Gasteiger partial charge in [-0.15, -0.1) is 0 Å². The monoisotopic (exact) mass is 347 g/mol. The van der Waals surface area contributed by atoms with Crippen molar-refractivity contribution in [3.05, 3.63) is 54.0 Å². The summed E-state index contributed by atoms with van der Waals surface area (Å²) in [5, 5.41) is 0. The van der Waals surface area contributed by atoms with Gasteiger partial charge in [-0.05, 0) is 56.2 Å². The lowest BCUT2D eigenvalue weighted by Crippen LogP contribution is -2.35. The topological polar surface area (TPSA) is 67.6 Å². The molecule has 0 saturated heterocycles. The highest BCUT2D eigenvalue weighted by atomic mass is 32.2. The minimum atomic E-state index is -3.26. The van der Waals surface area contributed by atoms with Crippen LogP contribution in [-0.4, -0.2) is 31.0 Å². The van der Waals surface area contributed by atoms with Crippen molar-refractivity contribution in [2.75, 3.05) is 5.75 Å². The molecule has 0 aliphatic heterocycles. The van der Waals surface area contributed by atoms with E-state index in [1.54, 1.807) is 25.3 Å². The van der Waals surface area contributed by atoms with Crippen molar-refractivity contribution in [3.8, 4) is 0 Å². The number of nitrogens with zero attached hydrogens (tertiary/aromatic N) is 1. The Hall–Kier alpha value is -2.08. The molecule has 0 bridgehead atoms. The molecule has 1 aromatic heterocycles. The Kier molecular flexibility index (Phi) is 4.49. The van der Waals surface area contributed by atoms with Gasteiger partial charge in [-0.2, -0.15) is 0 Å². The van der Waals surface area contributed by atoms with E-state index in [0.29, 0.717) is 5.56 Å². The summed E-state index contributed by atoms with van der Waals surface area (Å²) in [5.41, 5.74) is 0.496. The van der Waals surface area contributed by atoms with Crippen LogP contribution in [0.4, 0.5) is 0 Å². The Bertz CT molecular complexity index is 805. The van der Waals surface area contributed by atoms with E-state index < -0.39 is 9.84 Å². The molecule has 1 aromatic carbocycles. The zero-order valence-corrected chi connectivity index (χ0v) is 14.6. The average Bonchev–Trinajstić information content (AvgIpc) is 3.26. The normalized spacial score (nSPS) is 15.9. The minimum Gasteiger partial charge on any atom is -0.467 e. The number of sulfone groups is 1. The second-order valence-corrected chi connectivity index (χ2v) is 8.34. The molecule has 0 radical (unpaired) electrons. The standard InChI is InChI=1S/C18H21NO4S/c1-3-24(21,22)16-10-6-14(7-11-16)18(20)19(15-8-9-15)13(2)17-5-4-12-23-17/h4-7,10-13,15H,3,8-9H2,1-2H3/t13-/m1/s1. The van der Waals surface area contributed by atoms with Gasteiger partial charge >= 0.3 is 0 Å². The summed E-state index contributed by atoms with van der Waals surface area (Å²) in [7, 11) is -3.26. The number of benzene rings is 1. The van der Waals surface area contributed by atoms with Crippen molar-refractivity contribution in [3.63, 3.8) is 0 Å². The number of carbonyl (C=O) groups is 1. The number of hydrogen-bond acceptors (Lipinski definition) is 4. The molecule has 5 nitrogen and oxygen atoms in total. The van der Waals surface area contributed by atoms with Gasteiger partial charge in [0.05, 0.1) is 23.0 Å². The van der Waals surface area contributed by atoms with Gasteiger partial charge in [0.15, 0.2) is 9.84 Å². The van der Waals surface area contributed by atoms with Crippen LogP contribution in [0.25, 0.3) is 0 Å². The van der Waals surface area contributed by atoms with Crippen LogP contribution >= 0.6 is 0 Å². The first-order valence-electron chi connectivity index (χ1n) is 8.13. The largest absolute Gasteiger partial charge is 0.467 e. The van der Waals surface area contributed by atoms with Crippen LogP contribution in [0.5, 0.6) is 0 Å².